The number of ether oxygens (including phenoxy) is 1. The second kappa shape index (κ2) is 6.70. The van der Waals surface area contributed by atoms with E-state index in [-0.39, 0.29) is 25.6 Å². The Morgan fingerprint density at radius 1 is 1.50 bits per heavy atom. The number of fused-ring (bicyclic) bond motifs is 2. The van der Waals surface area contributed by atoms with Crippen molar-refractivity contribution in [1.82, 2.24) is 19.5 Å². The first kappa shape index (κ1) is 17.5. The zero-order valence-electron chi connectivity index (χ0n) is 12.9. The number of anilines is 1. The van der Waals surface area contributed by atoms with Gasteiger partial charge in [-0.3, -0.25) is 4.57 Å². The Labute approximate surface area is 150 Å². The summed E-state index contributed by atoms with van der Waals surface area (Å²) in [4.78, 5) is 15.6. The second-order valence-electron chi connectivity index (χ2n) is 5.44. The number of nitrogens with zero attached hydrogens (tertiary/aromatic N) is 5. The van der Waals surface area contributed by atoms with Crippen LogP contribution < -0.4 is 5.73 Å². The Morgan fingerprint density at radius 2 is 2.35 bits per heavy atom. The van der Waals surface area contributed by atoms with Crippen molar-refractivity contribution in [2.45, 2.75) is 24.5 Å². The largest absolute Gasteiger partial charge is 0.385 e. The zero-order chi connectivity index (χ0) is 18.3. The number of aliphatic hydroxyl groups is 1. The molecule has 2 aliphatic heterocycles. The fourth-order valence-electron chi connectivity index (χ4n) is 2.76. The van der Waals surface area contributed by atoms with Gasteiger partial charge in [0, 0.05) is 0 Å². The van der Waals surface area contributed by atoms with Crippen LogP contribution in [0.4, 0.5) is 5.82 Å². The fourth-order valence-corrected chi connectivity index (χ4v) is 3.92. The van der Waals surface area contributed by atoms with E-state index in [1.54, 1.807) is 4.57 Å². The molecule has 0 amide bonds. The molecule has 4 rings (SSSR count). The van der Waals surface area contributed by atoms with Crippen LogP contribution in [0.2, 0.25) is 0 Å². The summed E-state index contributed by atoms with van der Waals surface area (Å²) in [6.45, 7) is 7.66. The van der Waals surface area contributed by atoms with Crippen molar-refractivity contribution in [1.29, 1.82) is 0 Å². The lowest BCUT2D eigenvalue weighted by Crippen LogP contribution is -2.41. The summed E-state index contributed by atoms with van der Waals surface area (Å²) < 4.78 is 25.1. The van der Waals surface area contributed by atoms with E-state index >= 15 is 0 Å². The SMILES string of the molecule is [BH3-][P+]1(OCC[N+]#[C-])OC[C@H]2O[C@@H](n3cnc4c(N)ncnc43)C(O)[C@@H]2O1. The molecule has 2 aromatic heterocycles. The molecule has 2 unspecified atom stereocenters. The van der Waals surface area contributed by atoms with Crippen molar-refractivity contribution in [2.24, 2.45) is 0 Å². The van der Waals surface area contributed by atoms with Crippen LogP contribution in [0.25, 0.3) is 16.0 Å². The zero-order valence-corrected chi connectivity index (χ0v) is 13.8. The Kier molecular flexibility index (Phi) is 4.52. The normalized spacial score (nSPS) is 33.9. The molecule has 0 radical (unpaired) electrons. The van der Waals surface area contributed by atoms with Crippen LogP contribution in [-0.2, 0) is 18.3 Å². The molecule has 26 heavy (non-hydrogen) atoms. The minimum Gasteiger partial charge on any atom is -0.385 e. The van der Waals surface area contributed by atoms with E-state index in [9.17, 15) is 5.11 Å². The average Bonchev–Trinajstić information content (AvgIpc) is 3.18. The van der Waals surface area contributed by atoms with E-state index in [1.165, 1.54) is 12.7 Å². The van der Waals surface area contributed by atoms with E-state index in [2.05, 4.69) is 19.8 Å². The summed E-state index contributed by atoms with van der Waals surface area (Å²) in [6, 6.07) is 0. The van der Waals surface area contributed by atoms with Crippen LogP contribution in [0.5, 0.6) is 0 Å². The number of rotatable bonds is 4. The third kappa shape index (κ3) is 2.93. The van der Waals surface area contributed by atoms with Gasteiger partial charge in [0.25, 0.3) is 0 Å². The molecule has 4 heterocycles. The number of nitrogens with two attached hydrogens (primary N) is 1. The van der Waals surface area contributed by atoms with Crippen LogP contribution in [0, 0.1) is 6.57 Å². The molecule has 3 N–H and O–H groups in total. The van der Waals surface area contributed by atoms with Crippen molar-refractivity contribution in [3.8, 4) is 0 Å². The molecule has 0 bridgehead atoms. The predicted molar refractivity (Wildman–Crippen MR) is 94.8 cm³/mol. The van der Waals surface area contributed by atoms with Crippen LogP contribution >= 0.6 is 7.82 Å². The van der Waals surface area contributed by atoms with Gasteiger partial charge in [-0.15, -0.1) is 0 Å². The van der Waals surface area contributed by atoms with Gasteiger partial charge in [0.2, 0.25) is 21.9 Å². The van der Waals surface area contributed by atoms with Crippen molar-refractivity contribution in [2.75, 3.05) is 25.5 Å². The highest BCUT2D eigenvalue weighted by atomic mass is 31.2. The van der Waals surface area contributed by atoms with Gasteiger partial charge < -0.3 is 20.4 Å². The average molecular weight is 380 g/mol. The van der Waals surface area contributed by atoms with Crippen molar-refractivity contribution >= 4 is 32.4 Å². The van der Waals surface area contributed by atoms with Gasteiger partial charge in [0.05, 0.1) is 6.33 Å². The molecule has 2 saturated heterocycles. The quantitative estimate of drug-likeness (QED) is 0.299. The number of aromatic nitrogens is 4. The topological polar surface area (TPSA) is 131 Å². The Hall–Kier alpha value is -1.87. The Balaban J connectivity index is 1.55. The minimum atomic E-state index is -2.36. The van der Waals surface area contributed by atoms with Crippen molar-refractivity contribution in [3.63, 3.8) is 0 Å². The number of imidazole rings is 1. The molecule has 2 fully saturated rings. The van der Waals surface area contributed by atoms with Gasteiger partial charge in [0.1, 0.15) is 30.7 Å². The first-order chi connectivity index (χ1) is 12.5. The van der Waals surface area contributed by atoms with Crippen molar-refractivity contribution < 1.29 is 23.4 Å². The van der Waals surface area contributed by atoms with Gasteiger partial charge >= 0.3 is 0 Å². The van der Waals surface area contributed by atoms with Crippen LogP contribution in [0.1, 0.15) is 6.23 Å². The van der Waals surface area contributed by atoms with Gasteiger partial charge in [-0.05, 0) is 0 Å². The Bertz CT molecular complexity index is 863. The molecule has 11 nitrogen and oxygen atoms in total. The summed E-state index contributed by atoms with van der Waals surface area (Å²) in [5, 5.41) is 10.8. The molecule has 5 atom stereocenters. The third-order valence-corrected chi connectivity index (χ3v) is 5.09. The van der Waals surface area contributed by atoms with Gasteiger partial charge in [0.15, 0.2) is 30.4 Å². The summed E-state index contributed by atoms with van der Waals surface area (Å²) in [7, 11) is -2.80. The second-order valence-corrected chi connectivity index (χ2v) is 6.62. The van der Waals surface area contributed by atoms with Gasteiger partial charge in [-0.2, -0.15) is 0 Å². The lowest BCUT2D eigenvalue weighted by molar-refractivity contribution is -0.0629. The van der Waals surface area contributed by atoms with E-state index in [1.807, 2.05) is 0 Å². The maximum Gasteiger partial charge on any atom is 0.242 e. The molecule has 0 saturated carbocycles. The molecule has 0 spiro atoms. The number of hydrogen-bond acceptors (Lipinski definition) is 9. The number of aliphatic hydroxyl groups excluding tert-OH is 1. The van der Waals surface area contributed by atoms with E-state index in [0.717, 1.165) is 0 Å². The third-order valence-electron chi connectivity index (χ3n) is 3.92. The first-order valence-electron chi connectivity index (χ1n) is 7.51. The van der Waals surface area contributed by atoms with Gasteiger partial charge in [-0.1, -0.05) is 0 Å². The highest BCUT2D eigenvalue weighted by Crippen LogP contribution is 2.62. The molecule has 13 heteroatoms. The molecule has 138 valence electrons. The number of hydrogen-bond donors (Lipinski definition) is 2. The molecule has 0 aromatic carbocycles. The number of nitrogen functional groups attached to an aromatic ring is 1. The fraction of sp³-hybridized carbons (Fsp3) is 0.538. The molecule has 0 aliphatic carbocycles. The maximum atomic E-state index is 10.8. The summed E-state index contributed by atoms with van der Waals surface area (Å²) >= 11 is 0. The molecule has 2 aliphatic rings. The molecular formula is C13H18BN6O5P. The van der Waals surface area contributed by atoms with Crippen LogP contribution in [-0.4, -0.2) is 70.3 Å². The van der Waals surface area contributed by atoms with E-state index < -0.39 is 39.9 Å². The molecule has 2 aromatic rings. The minimum absolute atomic E-state index is 0.262. The first-order valence-corrected chi connectivity index (χ1v) is 8.61. The lowest BCUT2D eigenvalue weighted by atomic mass is 10.1. The lowest BCUT2D eigenvalue weighted by Gasteiger charge is -2.34. The monoisotopic (exact) mass is 380 g/mol. The molecular weight excluding hydrogens is 362 g/mol. The maximum absolute atomic E-state index is 10.8. The van der Waals surface area contributed by atoms with Crippen LogP contribution in [0.15, 0.2) is 12.7 Å². The summed E-state index contributed by atoms with van der Waals surface area (Å²) in [6.07, 6.45) is 0.242. The van der Waals surface area contributed by atoms with E-state index in [4.69, 9.17) is 30.6 Å². The standard InChI is InChI=1S/C13H18BN6O5P/c1-16-2-3-22-26(14)23-4-7-10(25-26)9(21)13(24-7)20-6-19-8-11(15)17-5-18-12(8)20/h5-7,9-10,13,21H,2-4H2,14H3,(H2,15,17,18)/t7-,9?,10-,13-,26?/m1/s1. The summed E-state index contributed by atoms with van der Waals surface area (Å²) in [5.41, 5.74) is 6.75. The van der Waals surface area contributed by atoms with Crippen LogP contribution in [0.3, 0.4) is 0 Å². The highest BCUT2D eigenvalue weighted by Gasteiger charge is 2.55. The van der Waals surface area contributed by atoms with E-state index in [0.29, 0.717) is 11.2 Å². The Morgan fingerprint density at radius 3 is 3.15 bits per heavy atom. The smallest absolute Gasteiger partial charge is 0.242 e. The van der Waals surface area contributed by atoms with Crippen molar-refractivity contribution in [3.05, 3.63) is 24.1 Å². The summed E-state index contributed by atoms with van der Waals surface area (Å²) in [5.74, 6) is 0.265. The highest BCUT2D eigenvalue weighted by molar-refractivity contribution is 7.85. The predicted octanol–water partition coefficient (Wildman–Crippen LogP) is -0.939. The van der Waals surface area contributed by atoms with Gasteiger partial charge in [-0.25, -0.2) is 35.1 Å².